The van der Waals surface area contributed by atoms with Crippen LogP contribution < -0.4 is 10.2 Å². The summed E-state index contributed by atoms with van der Waals surface area (Å²) < 4.78 is 0. The summed E-state index contributed by atoms with van der Waals surface area (Å²) in [5.74, 6) is 0. The molecular formula is C17H22ClN3. The van der Waals surface area contributed by atoms with Gasteiger partial charge in [0, 0.05) is 29.5 Å². The Labute approximate surface area is 132 Å². The Kier molecular flexibility index (Phi) is 5.59. The molecule has 1 aromatic carbocycles. The lowest BCUT2D eigenvalue weighted by molar-refractivity contribution is 0.773. The number of anilines is 1. The predicted molar refractivity (Wildman–Crippen MR) is 89.9 cm³/mol. The van der Waals surface area contributed by atoms with E-state index < -0.39 is 0 Å². The molecular weight excluding hydrogens is 282 g/mol. The van der Waals surface area contributed by atoms with Gasteiger partial charge in [-0.05, 0) is 50.7 Å². The lowest BCUT2D eigenvalue weighted by Crippen LogP contribution is -2.25. The molecule has 0 radical (unpaired) electrons. The number of rotatable bonds is 6. The lowest BCUT2D eigenvalue weighted by atomic mass is 10.1. The molecule has 0 saturated heterocycles. The fourth-order valence-electron chi connectivity index (χ4n) is 2.42. The van der Waals surface area contributed by atoms with Gasteiger partial charge in [-0.15, -0.1) is 0 Å². The third-order valence-corrected chi connectivity index (χ3v) is 3.67. The van der Waals surface area contributed by atoms with E-state index in [2.05, 4.69) is 40.3 Å². The van der Waals surface area contributed by atoms with E-state index in [0.717, 1.165) is 36.0 Å². The highest BCUT2D eigenvalue weighted by atomic mass is 35.5. The molecule has 2 aromatic rings. The van der Waals surface area contributed by atoms with Crippen molar-refractivity contribution in [2.45, 2.75) is 26.9 Å². The number of hydrogen-bond donors (Lipinski definition) is 1. The van der Waals surface area contributed by atoms with Gasteiger partial charge in [-0.3, -0.25) is 4.98 Å². The van der Waals surface area contributed by atoms with Crippen molar-refractivity contribution in [3.8, 4) is 0 Å². The first-order valence-electron chi connectivity index (χ1n) is 7.24. The Morgan fingerprint density at radius 2 is 2.05 bits per heavy atom. The Morgan fingerprint density at radius 3 is 2.71 bits per heavy atom. The van der Waals surface area contributed by atoms with Crippen molar-refractivity contribution >= 4 is 17.3 Å². The van der Waals surface area contributed by atoms with Crippen LogP contribution in [0.15, 0.2) is 36.4 Å². The molecule has 4 heteroatoms. The molecule has 1 N–H and O–H groups in total. The molecule has 0 bridgehead atoms. The van der Waals surface area contributed by atoms with Gasteiger partial charge in [-0.2, -0.15) is 0 Å². The van der Waals surface area contributed by atoms with Gasteiger partial charge >= 0.3 is 0 Å². The van der Waals surface area contributed by atoms with Crippen molar-refractivity contribution in [2.24, 2.45) is 0 Å². The maximum atomic E-state index is 6.18. The number of pyridine rings is 1. The van der Waals surface area contributed by atoms with Crippen LogP contribution in [0.4, 0.5) is 5.69 Å². The summed E-state index contributed by atoms with van der Waals surface area (Å²) in [6.07, 6.45) is 0. The van der Waals surface area contributed by atoms with Crippen LogP contribution in [-0.2, 0) is 13.1 Å². The van der Waals surface area contributed by atoms with Gasteiger partial charge in [0.25, 0.3) is 0 Å². The van der Waals surface area contributed by atoms with Gasteiger partial charge in [0.1, 0.15) is 0 Å². The molecule has 0 fully saturated rings. The van der Waals surface area contributed by atoms with Crippen molar-refractivity contribution < 1.29 is 0 Å². The molecule has 0 spiro atoms. The summed E-state index contributed by atoms with van der Waals surface area (Å²) >= 11 is 6.18. The fourth-order valence-corrected chi connectivity index (χ4v) is 2.59. The maximum absolute atomic E-state index is 6.18. The molecule has 1 aromatic heterocycles. The number of benzene rings is 1. The largest absolute Gasteiger partial charge is 0.366 e. The van der Waals surface area contributed by atoms with E-state index in [9.17, 15) is 0 Å². The second-order valence-corrected chi connectivity index (χ2v) is 5.52. The quantitative estimate of drug-likeness (QED) is 0.880. The first kappa shape index (κ1) is 15.8. The average molecular weight is 304 g/mol. The number of hydrogen-bond acceptors (Lipinski definition) is 3. The zero-order valence-electron chi connectivity index (χ0n) is 12.9. The normalized spacial score (nSPS) is 10.7. The van der Waals surface area contributed by atoms with E-state index in [-0.39, 0.29) is 0 Å². The Hall–Kier alpha value is -1.58. The van der Waals surface area contributed by atoms with Gasteiger partial charge in [-0.1, -0.05) is 23.7 Å². The average Bonchev–Trinajstić information content (AvgIpc) is 2.47. The molecule has 0 aliphatic carbocycles. The molecule has 112 valence electrons. The predicted octanol–water partition coefficient (Wildman–Crippen LogP) is 3.79. The number of nitrogens with zero attached hydrogens (tertiary/aromatic N) is 2. The first-order valence-corrected chi connectivity index (χ1v) is 7.62. The first-order chi connectivity index (χ1) is 10.1. The number of nitrogens with one attached hydrogen (secondary N) is 1. The Morgan fingerprint density at radius 1 is 1.24 bits per heavy atom. The highest BCUT2D eigenvalue weighted by Crippen LogP contribution is 2.26. The standard InChI is InChI=1S/C17H22ClN3/c1-4-21(12-16-7-5-6-13(2)20-16)17-10-15(18)9-8-14(17)11-19-3/h5-10,19H,4,11-12H2,1-3H3. The van der Waals surface area contributed by atoms with E-state index in [4.69, 9.17) is 11.6 Å². The Bertz CT molecular complexity index is 598. The number of halogens is 1. The topological polar surface area (TPSA) is 28.2 Å². The highest BCUT2D eigenvalue weighted by molar-refractivity contribution is 6.30. The number of aromatic nitrogens is 1. The van der Waals surface area contributed by atoms with Crippen LogP contribution in [0.25, 0.3) is 0 Å². The summed E-state index contributed by atoms with van der Waals surface area (Å²) in [6, 6.07) is 12.2. The summed E-state index contributed by atoms with van der Waals surface area (Å²) in [5.41, 5.74) is 4.54. The van der Waals surface area contributed by atoms with Gasteiger partial charge < -0.3 is 10.2 Å². The SMILES string of the molecule is CCN(Cc1cccc(C)n1)c1cc(Cl)ccc1CNC. The minimum atomic E-state index is 0.764. The molecule has 0 unspecified atom stereocenters. The van der Waals surface area contributed by atoms with Crippen LogP contribution >= 0.6 is 11.6 Å². The van der Waals surface area contributed by atoms with Crippen LogP contribution in [0.2, 0.25) is 5.02 Å². The van der Waals surface area contributed by atoms with Crippen LogP contribution in [-0.4, -0.2) is 18.6 Å². The molecule has 0 atom stereocenters. The Balaban J connectivity index is 2.30. The highest BCUT2D eigenvalue weighted by Gasteiger charge is 2.11. The van der Waals surface area contributed by atoms with E-state index >= 15 is 0 Å². The van der Waals surface area contributed by atoms with Gasteiger partial charge in [0.2, 0.25) is 0 Å². The smallest absolute Gasteiger partial charge is 0.0602 e. The van der Waals surface area contributed by atoms with Gasteiger partial charge in [-0.25, -0.2) is 0 Å². The molecule has 0 aliphatic heterocycles. The van der Waals surface area contributed by atoms with Crippen molar-refractivity contribution in [3.63, 3.8) is 0 Å². The maximum Gasteiger partial charge on any atom is 0.0602 e. The van der Waals surface area contributed by atoms with Crippen LogP contribution in [0.3, 0.4) is 0 Å². The summed E-state index contributed by atoms with van der Waals surface area (Å²) in [7, 11) is 1.96. The molecule has 0 saturated carbocycles. The van der Waals surface area contributed by atoms with Crippen molar-refractivity contribution in [1.29, 1.82) is 0 Å². The summed E-state index contributed by atoms with van der Waals surface area (Å²) in [5, 5.41) is 3.97. The van der Waals surface area contributed by atoms with E-state index in [1.165, 1.54) is 11.3 Å². The third-order valence-electron chi connectivity index (χ3n) is 3.44. The molecule has 0 aliphatic rings. The van der Waals surface area contributed by atoms with Crippen molar-refractivity contribution in [3.05, 3.63) is 58.4 Å². The minimum Gasteiger partial charge on any atom is -0.366 e. The van der Waals surface area contributed by atoms with E-state index in [1.54, 1.807) is 0 Å². The number of aryl methyl sites for hydroxylation is 1. The van der Waals surface area contributed by atoms with Crippen molar-refractivity contribution in [2.75, 3.05) is 18.5 Å². The van der Waals surface area contributed by atoms with Crippen molar-refractivity contribution in [1.82, 2.24) is 10.3 Å². The van der Waals surface area contributed by atoms with Crippen LogP contribution in [0.5, 0.6) is 0 Å². The van der Waals surface area contributed by atoms with E-state index in [0.29, 0.717) is 0 Å². The zero-order valence-corrected chi connectivity index (χ0v) is 13.6. The second-order valence-electron chi connectivity index (χ2n) is 5.09. The summed E-state index contributed by atoms with van der Waals surface area (Å²) in [6.45, 7) is 6.69. The second kappa shape index (κ2) is 7.43. The van der Waals surface area contributed by atoms with Crippen LogP contribution in [0, 0.1) is 6.92 Å². The third kappa shape index (κ3) is 4.19. The fraction of sp³-hybridized carbons (Fsp3) is 0.353. The van der Waals surface area contributed by atoms with Gasteiger partial charge in [0.15, 0.2) is 0 Å². The monoisotopic (exact) mass is 303 g/mol. The van der Waals surface area contributed by atoms with E-state index in [1.807, 2.05) is 32.2 Å². The summed E-state index contributed by atoms with van der Waals surface area (Å²) in [4.78, 5) is 6.90. The molecule has 3 nitrogen and oxygen atoms in total. The zero-order chi connectivity index (χ0) is 15.2. The minimum absolute atomic E-state index is 0.764. The van der Waals surface area contributed by atoms with Crippen LogP contribution in [0.1, 0.15) is 23.9 Å². The molecule has 1 heterocycles. The van der Waals surface area contributed by atoms with Gasteiger partial charge in [0.05, 0.1) is 12.2 Å². The molecule has 21 heavy (non-hydrogen) atoms. The molecule has 0 amide bonds. The lowest BCUT2D eigenvalue weighted by Gasteiger charge is -2.26. The molecule has 2 rings (SSSR count).